The van der Waals surface area contributed by atoms with Crippen LogP contribution < -0.4 is 4.72 Å². The van der Waals surface area contributed by atoms with Crippen LogP contribution in [0.25, 0.3) is 6.08 Å². The fraction of sp³-hybridized carbons (Fsp3) is 0.278. The molecule has 25 heavy (non-hydrogen) atoms. The zero-order valence-electron chi connectivity index (χ0n) is 13.9. The van der Waals surface area contributed by atoms with Crippen LogP contribution in [0.1, 0.15) is 29.3 Å². The van der Waals surface area contributed by atoms with Gasteiger partial charge in [-0.15, -0.1) is 11.3 Å². The van der Waals surface area contributed by atoms with E-state index in [4.69, 9.17) is 0 Å². The van der Waals surface area contributed by atoms with Crippen LogP contribution in [0.4, 0.5) is 0 Å². The van der Waals surface area contributed by atoms with Gasteiger partial charge in [0.05, 0.1) is 10.9 Å². The minimum atomic E-state index is -3.44. The Morgan fingerprint density at radius 3 is 2.68 bits per heavy atom. The van der Waals surface area contributed by atoms with Crippen molar-refractivity contribution in [3.63, 3.8) is 0 Å². The Bertz CT molecular complexity index is 856. The smallest absolute Gasteiger partial charge is 0.247 e. The summed E-state index contributed by atoms with van der Waals surface area (Å²) in [7, 11) is -2.06. The molecule has 5 nitrogen and oxygen atoms in total. The number of nitrogens with zero attached hydrogens (tertiary/aromatic N) is 1. The quantitative estimate of drug-likeness (QED) is 0.816. The second kappa shape index (κ2) is 7.51. The molecule has 1 aliphatic heterocycles. The molecule has 0 aliphatic carbocycles. The standard InChI is InChI=1S/C18H20N2O3S2/c1-19-25(22,23)15-9-6-14(7-10-15)8-11-18(21)20-12-2-4-16(20)17-5-3-13-24-17/h3,5-11,13,16,19H,2,4,12H2,1H3/b11-8+. The van der Waals surface area contributed by atoms with Gasteiger partial charge in [0, 0.05) is 17.5 Å². The van der Waals surface area contributed by atoms with Crippen LogP contribution >= 0.6 is 11.3 Å². The number of amides is 1. The number of benzene rings is 1. The largest absolute Gasteiger partial charge is 0.331 e. The van der Waals surface area contributed by atoms with Gasteiger partial charge < -0.3 is 4.90 Å². The number of hydrogen-bond acceptors (Lipinski definition) is 4. The minimum Gasteiger partial charge on any atom is -0.331 e. The zero-order valence-corrected chi connectivity index (χ0v) is 15.5. The number of likely N-dealkylation sites (tertiary alicyclic amines) is 1. The molecule has 7 heteroatoms. The molecule has 0 bridgehead atoms. The van der Waals surface area contributed by atoms with E-state index in [0.717, 1.165) is 24.9 Å². The van der Waals surface area contributed by atoms with Crippen LogP contribution in [0.3, 0.4) is 0 Å². The van der Waals surface area contributed by atoms with Gasteiger partial charge in [0.1, 0.15) is 0 Å². The number of thiophene rings is 1. The predicted octanol–water partition coefficient (Wildman–Crippen LogP) is 3.03. The van der Waals surface area contributed by atoms with Gasteiger partial charge in [0.15, 0.2) is 0 Å². The number of nitrogens with one attached hydrogen (secondary N) is 1. The van der Waals surface area contributed by atoms with Crippen molar-refractivity contribution in [1.29, 1.82) is 0 Å². The molecule has 1 aromatic carbocycles. The van der Waals surface area contributed by atoms with Crippen LogP contribution in [0.15, 0.2) is 52.7 Å². The van der Waals surface area contributed by atoms with Crippen molar-refractivity contribution in [3.05, 3.63) is 58.3 Å². The number of carbonyl (C=O) groups excluding carboxylic acids is 1. The maximum atomic E-state index is 12.5. The lowest BCUT2D eigenvalue weighted by Gasteiger charge is -2.22. The Kier molecular flexibility index (Phi) is 5.36. The fourth-order valence-electron chi connectivity index (χ4n) is 2.95. The topological polar surface area (TPSA) is 66.5 Å². The summed E-state index contributed by atoms with van der Waals surface area (Å²) in [5.41, 5.74) is 0.787. The van der Waals surface area contributed by atoms with Crippen molar-refractivity contribution in [2.45, 2.75) is 23.8 Å². The molecule has 1 amide bonds. The molecule has 3 rings (SSSR count). The summed E-state index contributed by atoms with van der Waals surface area (Å²) < 4.78 is 25.7. The van der Waals surface area contributed by atoms with E-state index < -0.39 is 10.0 Å². The molecule has 1 fully saturated rings. The number of rotatable bonds is 5. The van der Waals surface area contributed by atoms with E-state index in [9.17, 15) is 13.2 Å². The fourth-order valence-corrected chi connectivity index (χ4v) is 4.55. The molecule has 0 radical (unpaired) electrons. The van der Waals surface area contributed by atoms with Gasteiger partial charge in [0.25, 0.3) is 0 Å². The Balaban J connectivity index is 1.70. The lowest BCUT2D eigenvalue weighted by atomic mass is 10.2. The van der Waals surface area contributed by atoms with E-state index in [1.54, 1.807) is 35.6 Å². The molecule has 132 valence electrons. The maximum Gasteiger partial charge on any atom is 0.247 e. The van der Waals surface area contributed by atoms with E-state index >= 15 is 0 Å². The van der Waals surface area contributed by atoms with Gasteiger partial charge in [-0.05, 0) is 55.1 Å². The third-order valence-electron chi connectivity index (χ3n) is 4.28. The Morgan fingerprint density at radius 2 is 2.04 bits per heavy atom. The molecule has 0 saturated carbocycles. The summed E-state index contributed by atoms with van der Waals surface area (Å²) in [4.78, 5) is 15.9. The van der Waals surface area contributed by atoms with Crippen LogP contribution in [0.2, 0.25) is 0 Å². The lowest BCUT2D eigenvalue weighted by molar-refractivity contribution is -0.126. The van der Waals surface area contributed by atoms with Crippen molar-refractivity contribution in [2.24, 2.45) is 0 Å². The summed E-state index contributed by atoms with van der Waals surface area (Å²) in [5.74, 6) is -0.0113. The van der Waals surface area contributed by atoms with Gasteiger partial charge in [-0.3, -0.25) is 4.79 Å². The maximum absolute atomic E-state index is 12.5. The Morgan fingerprint density at radius 1 is 1.28 bits per heavy atom. The predicted molar refractivity (Wildman–Crippen MR) is 99.7 cm³/mol. The monoisotopic (exact) mass is 376 g/mol. The lowest BCUT2D eigenvalue weighted by Crippen LogP contribution is -2.28. The highest BCUT2D eigenvalue weighted by atomic mass is 32.2. The van der Waals surface area contributed by atoms with Crippen molar-refractivity contribution >= 4 is 33.3 Å². The van der Waals surface area contributed by atoms with Crippen molar-refractivity contribution < 1.29 is 13.2 Å². The molecule has 1 atom stereocenters. The van der Waals surface area contributed by atoms with Gasteiger partial charge in [-0.1, -0.05) is 18.2 Å². The summed E-state index contributed by atoms with van der Waals surface area (Å²) in [6.45, 7) is 0.769. The first-order valence-corrected chi connectivity index (χ1v) is 10.4. The van der Waals surface area contributed by atoms with Gasteiger partial charge in [-0.25, -0.2) is 13.1 Å². The van der Waals surface area contributed by atoms with Crippen LogP contribution in [-0.2, 0) is 14.8 Å². The van der Waals surface area contributed by atoms with E-state index in [0.29, 0.717) is 0 Å². The average molecular weight is 377 g/mol. The van der Waals surface area contributed by atoms with Crippen molar-refractivity contribution in [3.8, 4) is 0 Å². The Labute approximate surface area is 152 Å². The van der Waals surface area contributed by atoms with Crippen LogP contribution in [0.5, 0.6) is 0 Å². The molecule has 1 aromatic heterocycles. The molecular formula is C18H20N2O3S2. The second-order valence-electron chi connectivity index (χ2n) is 5.82. The SMILES string of the molecule is CNS(=O)(=O)c1ccc(/C=C/C(=O)N2CCCC2c2cccs2)cc1. The zero-order chi connectivity index (χ0) is 17.9. The molecule has 1 saturated heterocycles. The van der Waals surface area contributed by atoms with Crippen LogP contribution in [-0.4, -0.2) is 32.8 Å². The molecule has 1 aliphatic rings. The highest BCUT2D eigenvalue weighted by Gasteiger charge is 2.29. The highest BCUT2D eigenvalue weighted by Crippen LogP contribution is 2.34. The van der Waals surface area contributed by atoms with E-state index in [1.807, 2.05) is 16.3 Å². The average Bonchev–Trinajstić information content (AvgIpc) is 3.30. The Hall–Kier alpha value is -1.96. The third-order valence-corrected chi connectivity index (χ3v) is 6.69. The summed E-state index contributed by atoms with van der Waals surface area (Å²) in [6, 6.07) is 10.7. The molecule has 2 aromatic rings. The van der Waals surface area contributed by atoms with E-state index in [1.165, 1.54) is 24.1 Å². The first kappa shape index (κ1) is 17.8. The minimum absolute atomic E-state index is 0.0113. The van der Waals surface area contributed by atoms with Gasteiger partial charge in [-0.2, -0.15) is 0 Å². The van der Waals surface area contributed by atoms with Crippen molar-refractivity contribution in [2.75, 3.05) is 13.6 Å². The number of carbonyl (C=O) groups is 1. The van der Waals surface area contributed by atoms with Crippen LogP contribution in [0, 0.1) is 0 Å². The molecule has 0 spiro atoms. The van der Waals surface area contributed by atoms with E-state index in [2.05, 4.69) is 10.8 Å². The summed E-state index contributed by atoms with van der Waals surface area (Å²) >= 11 is 1.68. The second-order valence-corrected chi connectivity index (χ2v) is 8.68. The number of sulfonamides is 1. The van der Waals surface area contributed by atoms with Gasteiger partial charge >= 0.3 is 0 Å². The third kappa shape index (κ3) is 4.00. The van der Waals surface area contributed by atoms with E-state index in [-0.39, 0.29) is 16.8 Å². The summed E-state index contributed by atoms with van der Waals surface area (Å²) in [5, 5.41) is 2.03. The molecular weight excluding hydrogens is 356 g/mol. The van der Waals surface area contributed by atoms with Gasteiger partial charge in [0.2, 0.25) is 15.9 Å². The highest BCUT2D eigenvalue weighted by molar-refractivity contribution is 7.89. The first-order chi connectivity index (χ1) is 12.0. The first-order valence-electron chi connectivity index (χ1n) is 8.07. The number of hydrogen-bond donors (Lipinski definition) is 1. The molecule has 1 unspecified atom stereocenters. The summed E-state index contributed by atoms with van der Waals surface area (Å²) in [6.07, 6.45) is 5.30. The van der Waals surface area contributed by atoms with Crippen molar-refractivity contribution in [1.82, 2.24) is 9.62 Å². The molecule has 1 N–H and O–H groups in total. The normalized spacial score (nSPS) is 18.1. The molecule has 2 heterocycles.